The van der Waals surface area contributed by atoms with Crippen LogP contribution in [0.2, 0.25) is 0 Å². The van der Waals surface area contributed by atoms with E-state index in [9.17, 15) is 51.1 Å². The van der Waals surface area contributed by atoms with Crippen LogP contribution in [0.4, 0.5) is 0 Å². The average Bonchev–Trinajstić information content (AvgIpc) is 2.93. The Morgan fingerprint density at radius 2 is 1.21 bits per heavy atom. The lowest BCUT2D eigenvalue weighted by Crippen LogP contribution is -2.47. The van der Waals surface area contributed by atoms with E-state index in [2.05, 4.69) is 0 Å². The summed E-state index contributed by atoms with van der Waals surface area (Å²) in [7, 11) is 0. The molecule has 10 N–H and O–H groups in total. The minimum atomic E-state index is -1.51. The van der Waals surface area contributed by atoms with Crippen LogP contribution in [0.3, 0.4) is 0 Å². The van der Waals surface area contributed by atoms with Gasteiger partial charge >= 0.3 is 0 Å². The molecule has 0 amide bonds. The van der Waals surface area contributed by atoms with E-state index < -0.39 is 65.2 Å². The van der Waals surface area contributed by atoms with Gasteiger partial charge in [-0.05, 0) is 37.1 Å². The van der Waals surface area contributed by atoms with Gasteiger partial charge in [0, 0.05) is 53.1 Å². The number of aliphatic hydroxyl groups excluding tert-OH is 6. The maximum atomic E-state index is 11.8. The first-order valence-electron chi connectivity index (χ1n) is 13.4. The molecule has 0 bridgehead atoms. The normalized spacial score (nSPS) is 30.4. The molecule has 6 rings (SSSR count). The van der Waals surface area contributed by atoms with Crippen molar-refractivity contribution in [3.8, 4) is 34.5 Å². The number of rotatable bonds is 3. The lowest BCUT2D eigenvalue weighted by atomic mass is 9.75. The minimum Gasteiger partial charge on any atom is -0.508 e. The van der Waals surface area contributed by atoms with E-state index in [0.717, 1.165) is 12.1 Å². The Balaban J connectivity index is 1.50. The highest BCUT2D eigenvalue weighted by Gasteiger charge is 2.48. The average molecular weight is 583 g/mol. The minimum absolute atomic E-state index is 0.0106. The lowest BCUT2D eigenvalue weighted by molar-refractivity contribution is -0.0197. The van der Waals surface area contributed by atoms with Crippen LogP contribution in [0.5, 0.6) is 34.5 Å². The Morgan fingerprint density at radius 3 is 1.83 bits per heavy atom. The maximum Gasteiger partial charge on any atom is 0.153 e. The van der Waals surface area contributed by atoms with Crippen molar-refractivity contribution < 1.29 is 60.5 Å². The molecule has 42 heavy (non-hydrogen) atoms. The summed E-state index contributed by atoms with van der Waals surface area (Å²) in [6.45, 7) is 0. The summed E-state index contributed by atoms with van der Waals surface area (Å²) in [4.78, 5) is 0. The Morgan fingerprint density at radius 1 is 0.619 bits per heavy atom. The smallest absolute Gasteiger partial charge is 0.153 e. The third kappa shape index (κ3) is 4.39. The first kappa shape index (κ1) is 27.5. The Labute approximate surface area is 238 Å². The fraction of sp³-hybridized carbons (Fsp3) is 0.333. The molecule has 2 aliphatic heterocycles. The van der Waals surface area contributed by atoms with E-state index >= 15 is 0 Å². The number of fused-ring (bicyclic) bond motifs is 2. The molecule has 2 heterocycles. The molecule has 0 saturated heterocycles. The number of allylic oxidation sites excluding steroid dienone is 2. The highest BCUT2D eigenvalue weighted by atomic mass is 16.5. The molecule has 0 spiro atoms. The van der Waals surface area contributed by atoms with Crippen LogP contribution >= 0.6 is 0 Å². The number of benzene rings is 2. The summed E-state index contributed by atoms with van der Waals surface area (Å²) in [6, 6.07) is 3.31. The molecule has 12 nitrogen and oxygen atoms in total. The summed E-state index contributed by atoms with van der Waals surface area (Å²) < 4.78 is 12.3. The zero-order chi connectivity index (χ0) is 30.0. The summed E-state index contributed by atoms with van der Waals surface area (Å²) in [5, 5.41) is 106. The van der Waals surface area contributed by atoms with Gasteiger partial charge in [0.2, 0.25) is 0 Å². The fourth-order valence-electron chi connectivity index (χ4n) is 6.35. The number of ether oxygens (including phenoxy) is 2. The summed E-state index contributed by atoms with van der Waals surface area (Å²) >= 11 is 0. The highest BCUT2D eigenvalue weighted by molar-refractivity contribution is 5.65. The topological polar surface area (TPSA) is 221 Å². The first-order chi connectivity index (χ1) is 19.9. The van der Waals surface area contributed by atoms with Crippen molar-refractivity contribution in [1.29, 1.82) is 0 Å². The van der Waals surface area contributed by atoms with E-state index in [0.29, 0.717) is 0 Å². The van der Waals surface area contributed by atoms with Gasteiger partial charge in [0.15, 0.2) is 23.0 Å². The van der Waals surface area contributed by atoms with Crippen LogP contribution in [-0.2, 0) is 6.42 Å². The van der Waals surface area contributed by atoms with Crippen molar-refractivity contribution in [2.75, 3.05) is 0 Å². The van der Waals surface area contributed by atoms with Crippen LogP contribution in [0.15, 0.2) is 65.5 Å². The zero-order valence-corrected chi connectivity index (χ0v) is 22.0. The number of phenolic OH excluding ortho intramolecular Hbond substituents is 4. The molecule has 0 saturated carbocycles. The van der Waals surface area contributed by atoms with E-state index in [1.54, 1.807) is 0 Å². The predicted octanol–water partition coefficient (Wildman–Crippen LogP) is 3.23. The van der Waals surface area contributed by atoms with E-state index in [4.69, 9.17) is 9.47 Å². The van der Waals surface area contributed by atoms with Crippen LogP contribution < -0.4 is 9.47 Å². The van der Waals surface area contributed by atoms with Gasteiger partial charge in [-0.25, -0.2) is 0 Å². The van der Waals surface area contributed by atoms with Crippen molar-refractivity contribution >= 4 is 0 Å². The molecule has 0 radical (unpaired) electrons. The predicted molar refractivity (Wildman–Crippen MR) is 145 cm³/mol. The Hall–Kier alpha value is -4.68. The summed E-state index contributed by atoms with van der Waals surface area (Å²) in [5.74, 6) is -5.76. The van der Waals surface area contributed by atoms with Gasteiger partial charge in [-0.15, -0.1) is 0 Å². The van der Waals surface area contributed by atoms with E-state index in [1.807, 2.05) is 0 Å². The zero-order valence-electron chi connectivity index (χ0n) is 22.0. The first-order valence-corrected chi connectivity index (χ1v) is 13.4. The molecule has 2 aromatic carbocycles. The number of aliphatic hydroxyl groups is 6. The summed E-state index contributed by atoms with van der Waals surface area (Å²) in [5.41, 5.74) is 0.107. The second kappa shape index (κ2) is 10.00. The van der Waals surface area contributed by atoms with Gasteiger partial charge in [-0.2, -0.15) is 0 Å². The van der Waals surface area contributed by atoms with E-state index in [1.165, 1.54) is 30.4 Å². The summed E-state index contributed by atoms with van der Waals surface area (Å²) in [6.07, 6.45) is 0.826. The highest BCUT2D eigenvalue weighted by Crippen LogP contribution is 2.55. The molecular formula is C30H30O12. The number of hydrogen-bond donors (Lipinski definition) is 10. The second-order valence-corrected chi connectivity index (χ2v) is 11.0. The second-order valence-electron chi connectivity index (χ2n) is 11.0. The van der Waals surface area contributed by atoms with E-state index in [-0.39, 0.29) is 70.5 Å². The van der Waals surface area contributed by atoms with Crippen molar-refractivity contribution in [3.63, 3.8) is 0 Å². The Kier molecular flexibility index (Phi) is 6.54. The van der Waals surface area contributed by atoms with Gasteiger partial charge in [0.05, 0.1) is 12.0 Å². The molecule has 4 aliphatic rings. The number of hydrogen-bond acceptors (Lipinski definition) is 12. The van der Waals surface area contributed by atoms with Crippen molar-refractivity contribution in [2.24, 2.45) is 11.8 Å². The van der Waals surface area contributed by atoms with Gasteiger partial charge in [-0.1, -0.05) is 0 Å². The molecule has 0 aromatic heterocycles. The van der Waals surface area contributed by atoms with Gasteiger partial charge in [0.25, 0.3) is 0 Å². The quantitative estimate of drug-likeness (QED) is 0.252. The van der Waals surface area contributed by atoms with Crippen LogP contribution in [-0.4, -0.2) is 75.5 Å². The van der Waals surface area contributed by atoms with Gasteiger partial charge in [-0.3, -0.25) is 0 Å². The fourth-order valence-corrected chi connectivity index (χ4v) is 6.35. The largest absolute Gasteiger partial charge is 0.508 e. The number of aromatic hydroxyl groups is 4. The monoisotopic (exact) mass is 582 g/mol. The van der Waals surface area contributed by atoms with Gasteiger partial charge < -0.3 is 60.5 Å². The molecule has 222 valence electrons. The third-order valence-corrected chi connectivity index (χ3v) is 8.37. The molecular weight excluding hydrogens is 552 g/mol. The van der Waals surface area contributed by atoms with Crippen molar-refractivity contribution in [3.05, 3.63) is 82.2 Å². The molecule has 2 aromatic rings. The standard InChI is InChI=1S/C30H30O12/c31-13-7-20(37)24-23(8-13)41-29(12-2-4-16(33)19(36)6-12)27(40)26(24)25-21(38)10-17(34)14-9-22(39)28(42-30(14)25)11-1-3-15(32)18(35)5-11/h3-8,10-12,22,26-29,31-40H,1-2,9H2/t11?,12?,22-,26-,27-,28-,29-/m1/s1. The molecule has 12 heteroatoms. The van der Waals surface area contributed by atoms with Crippen LogP contribution in [0.1, 0.15) is 35.4 Å². The molecule has 0 fully saturated rings. The maximum absolute atomic E-state index is 11.8. The van der Waals surface area contributed by atoms with Crippen LogP contribution in [0, 0.1) is 11.8 Å². The number of phenols is 4. The van der Waals surface area contributed by atoms with Crippen molar-refractivity contribution in [2.45, 2.75) is 49.6 Å². The Bertz CT molecular complexity index is 1570. The molecule has 2 aliphatic carbocycles. The van der Waals surface area contributed by atoms with Gasteiger partial charge in [0.1, 0.15) is 52.8 Å². The third-order valence-electron chi connectivity index (χ3n) is 8.37. The molecule has 2 unspecified atom stereocenters. The SMILES string of the molecule is OC1=CCC([C@H]2Oc3cc(O)cc(O)c3[C@H](c3c(O)cc(O)c4c3O[C@H](C3C=C(O)C(O)=CC3)[C@H](O)C4)[C@H]2O)C=C1O. The molecule has 7 atom stereocenters. The lowest BCUT2D eigenvalue weighted by Gasteiger charge is -2.42. The van der Waals surface area contributed by atoms with Crippen molar-refractivity contribution in [1.82, 2.24) is 0 Å². The van der Waals surface area contributed by atoms with Crippen LogP contribution in [0.25, 0.3) is 0 Å².